The number of carbonyl (C=O) groups is 4. The van der Waals surface area contributed by atoms with Crippen LogP contribution in [0, 0.1) is 30.6 Å². The molecule has 3 atom stereocenters. The minimum absolute atomic E-state index is 0.0460. The Morgan fingerprint density at radius 1 is 0.972 bits per heavy atom. The molecule has 0 spiro atoms. The van der Waals surface area contributed by atoms with Gasteiger partial charge in [0.1, 0.15) is 17.3 Å². The van der Waals surface area contributed by atoms with Crippen molar-refractivity contribution in [1.29, 1.82) is 0 Å². The van der Waals surface area contributed by atoms with Crippen LogP contribution in [0.25, 0.3) is 0 Å². The average molecular weight is 497 g/mol. The summed E-state index contributed by atoms with van der Waals surface area (Å²) in [6, 6.07) is 6.10. The van der Waals surface area contributed by atoms with Crippen LogP contribution in [0.2, 0.25) is 0 Å². The zero-order chi connectivity index (χ0) is 26.7. The summed E-state index contributed by atoms with van der Waals surface area (Å²) in [7, 11) is 0. The standard InChI is InChI=1S/C23H32O3.C9H16O/c1-5-8-18(20(6-2)21(25)11-16(4)24)12-17-13-19-10-7-9-15(3)23(19)22(26)14-17;1-8(10)6-7-9-4-2-3-5-9/h7,9-10,17-18,20H,5-6,8,11-14H2,1-4H3;9H,2-7H2,1H3. The number of ketones is 4. The topological polar surface area (TPSA) is 68.3 Å². The van der Waals surface area contributed by atoms with Crippen LogP contribution in [-0.2, 0) is 20.8 Å². The summed E-state index contributed by atoms with van der Waals surface area (Å²) < 4.78 is 0. The second-order valence-electron chi connectivity index (χ2n) is 11.3. The lowest BCUT2D eigenvalue weighted by molar-refractivity contribution is -0.130. The van der Waals surface area contributed by atoms with Crippen molar-refractivity contribution in [3.05, 3.63) is 34.9 Å². The molecule has 4 nitrogen and oxygen atoms in total. The molecule has 1 fully saturated rings. The van der Waals surface area contributed by atoms with Crippen LogP contribution in [0.15, 0.2) is 18.2 Å². The molecule has 0 aromatic heterocycles. The van der Waals surface area contributed by atoms with E-state index in [1.165, 1.54) is 32.6 Å². The van der Waals surface area contributed by atoms with E-state index in [2.05, 4.69) is 13.0 Å². The Hall–Kier alpha value is -2.10. The molecule has 1 aromatic carbocycles. The minimum atomic E-state index is -0.0622. The average Bonchev–Trinajstić information content (AvgIpc) is 3.32. The summed E-state index contributed by atoms with van der Waals surface area (Å²) in [6.07, 6.45) is 12.7. The van der Waals surface area contributed by atoms with E-state index in [1.54, 1.807) is 6.92 Å². The second kappa shape index (κ2) is 15.2. The highest BCUT2D eigenvalue weighted by molar-refractivity contribution is 6.00. The number of carbonyl (C=O) groups excluding carboxylic acids is 4. The normalized spacial score (nSPS) is 19.1. The molecule has 2 aliphatic carbocycles. The summed E-state index contributed by atoms with van der Waals surface area (Å²) in [5.74, 6) is 2.00. The molecule has 36 heavy (non-hydrogen) atoms. The zero-order valence-corrected chi connectivity index (χ0v) is 23.4. The summed E-state index contributed by atoms with van der Waals surface area (Å²) >= 11 is 0. The largest absolute Gasteiger partial charge is 0.300 e. The number of hydrogen-bond acceptors (Lipinski definition) is 4. The maximum Gasteiger partial charge on any atom is 0.163 e. The van der Waals surface area contributed by atoms with Gasteiger partial charge in [-0.2, -0.15) is 0 Å². The molecule has 0 amide bonds. The Kier molecular flexibility index (Phi) is 12.7. The monoisotopic (exact) mass is 496 g/mol. The summed E-state index contributed by atoms with van der Waals surface area (Å²) in [4.78, 5) is 47.2. The van der Waals surface area contributed by atoms with Gasteiger partial charge in [0.15, 0.2) is 5.78 Å². The van der Waals surface area contributed by atoms with Crippen molar-refractivity contribution in [3.8, 4) is 0 Å². The Morgan fingerprint density at radius 2 is 1.67 bits per heavy atom. The summed E-state index contributed by atoms with van der Waals surface area (Å²) in [5.41, 5.74) is 3.14. The van der Waals surface area contributed by atoms with Crippen molar-refractivity contribution in [2.45, 2.75) is 118 Å². The Bertz CT molecular complexity index is 893. The van der Waals surface area contributed by atoms with E-state index >= 15 is 0 Å². The van der Waals surface area contributed by atoms with Crippen molar-refractivity contribution in [1.82, 2.24) is 0 Å². The molecule has 200 valence electrons. The Morgan fingerprint density at radius 3 is 2.25 bits per heavy atom. The molecular formula is C32H48O4. The van der Waals surface area contributed by atoms with E-state index in [0.29, 0.717) is 18.1 Å². The van der Waals surface area contributed by atoms with Gasteiger partial charge in [0.2, 0.25) is 0 Å². The number of Topliss-reactive ketones (excluding diaryl/α,β-unsaturated/α-hetero) is 4. The maximum atomic E-state index is 12.7. The molecule has 0 N–H and O–H groups in total. The predicted octanol–water partition coefficient (Wildman–Crippen LogP) is 7.67. The number of hydrogen-bond donors (Lipinski definition) is 0. The molecule has 1 aromatic rings. The molecular weight excluding hydrogens is 448 g/mol. The fourth-order valence-electron chi connectivity index (χ4n) is 6.40. The third kappa shape index (κ3) is 9.41. The second-order valence-corrected chi connectivity index (χ2v) is 11.3. The number of rotatable bonds is 12. The van der Waals surface area contributed by atoms with Crippen LogP contribution in [0.1, 0.15) is 126 Å². The van der Waals surface area contributed by atoms with E-state index in [1.807, 2.05) is 26.0 Å². The van der Waals surface area contributed by atoms with E-state index in [0.717, 1.165) is 67.6 Å². The molecule has 0 aliphatic heterocycles. The molecule has 4 heteroatoms. The van der Waals surface area contributed by atoms with E-state index in [4.69, 9.17) is 0 Å². The van der Waals surface area contributed by atoms with Crippen LogP contribution in [0.3, 0.4) is 0 Å². The molecule has 2 aliphatic rings. The van der Waals surface area contributed by atoms with Gasteiger partial charge >= 0.3 is 0 Å². The number of aryl methyl sites for hydroxylation is 1. The SMILES string of the molecule is CC(=O)CCC1CCCC1.CCCC(CC1CC(=O)c2c(C)cccc2C1)C(CC)C(=O)CC(C)=O. The Labute approximate surface area is 219 Å². The summed E-state index contributed by atoms with van der Waals surface area (Å²) in [5, 5.41) is 0. The third-order valence-electron chi connectivity index (χ3n) is 8.14. The summed E-state index contributed by atoms with van der Waals surface area (Å²) in [6.45, 7) is 9.36. The molecule has 3 rings (SSSR count). The lowest BCUT2D eigenvalue weighted by atomic mass is 9.72. The molecule has 1 saturated carbocycles. The van der Waals surface area contributed by atoms with Crippen LogP contribution in [0.5, 0.6) is 0 Å². The predicted molar refractivity (Wildman–Crippen MR) is 146 cm³/mol. The smallest absolute Gasteiger partial charge is 0.163 e. The van der Waals surface area contributed by atoms with Crippen LogP contribution in [-0.4, -0.2) is 23.1 Å². The van der Waals surface area contributed by atoms with Crippen LogP contribution in [0.4, 0.5) is 0 Å². The highest BCUT2D eigenvalue weighted by atomic mass is 16.1. The van der Waals surface area contributed by atoms with Gasteiger partial charge in [0, 0.05) is 24.3 Å². The van der Waals surface area contributed by atoms with Gasteiger partial charge in [-0.15, -0.1) is 0 Å². The van der Waals surface area contributed by atoms with E-state index < -0.39 is 0 Å². The van der Waals surface area contributed by atoms with Crippen molar-refractivity contribution >= 4 is 23.1 Å². The van der Waals surface area contributed by atoms with Gasteiger partial charge in [-0.1, -0.05) is 70.6 Å². The van der Waals surface area contributed by atoms with Gasteiger partial charge in [0.05, 0.1) is 6.42 Å². The lowest BCUT2D eigenvalue weighted by Crippen LogP contribution is -2.29. The quantitative estimate of drug-likeness (QED) is 0.278. The van der Waals surface area contributed by atoms with Gasteiger partial charge in [-0.3, -0.25) is 14.4 Å². The van der Waals surface area contributed by atoms with Crippen LogP contribution >= 0.6 is 0 Å². The van der Waals surface area contributed by atoms with Crippen LogP contribution < -0.4 is 0 Å². The first-order valence-electron chi connectivity index (χ1n) is 14.3. The van der Waals surface area contributed by atoms with Crippen molar-refractivity contribution in [3.63, 3.8) is 0 Å². The molecule has 0 radical (unpaired) electrons. The highest BCUT2D eigenvalue weighted by Gasteiger charge is 2.32. The van der Waals surface area contributed by atoms with Crippen molar-refractivity contribution in [2.24, 2.45) is 23.7 Å². The number of fused-ring (bicyclic) bond motifs is 1. The fraction of sp³-hybridized carbons (Fsp3) is 0.688. The molecule has 0 heterocycles. The maximum absolute atomic E-state index is 12.7. The lowest BCUT2D eigenvalue weighted by Gasteiger charge is -2.31. The van der Waals surface area contributed by atoms with E-state index in [-0.39, 0.29) is 35.6 Å². The Balaban J connectivity index is 0.000000380. The van der Waals surface area contributed by atoms with Gasteiger partial charge in [0.25, 0.3) is 0 Å². The van der Waals surface area contributed by atoms with Crippen molar-refractivity contribution < 1.29 is 19.2 Å². The third-order valence-corrected chi connectivity index (χ3v) is 8.14. The van der Waals surface area contributed by atoms with Crippen molar-refractivity contribution in [2.75, 3.05) is 0 Å². The first-order chi connectivity index (χ1) is 17.2. The fourth-order valence-corrected chi connectivity index (χ4v) is 6.40. The van der Waals surface area contributed by atoms with Gasteiger partial charge in [-0.25, -0.2) is 0 Å². The highest BCUT2D eigenvalue weighted by Crippen LogP contribution is 2.36. The minimum Gasteiger partial charge on any atom is -0.300 e. The molecule has 3 unspecified atom stereocenters. The molecule has 0 bridgehead atoms. The van der Waals surface area contributed by atoms with Gasteiger partial charge in [-0.05, 0) is 75.3 Å². The van der Waals surface area contributed by atoms with E-state index in [9.17, 15) is 19.2 Å². The zero-order valence-electron chi connectivity index (χ0n) is 23.4. The molecule has 0 saturated heterocycles. The first kappa shape index (κ1) is 30.1. The first-order valence-corrected chi connectivity index (χ1v) is 14.3. The number of benzene rings is 1. The van der Waals surface area contributed by atoms with Gasteiger partial charge < -0.3 is 4.79 Å².